The summed E-state index contributed by atoms with van der Waals surface area (Å²) >= 11 is 0. The fourth-order valence-electron chi connectivity index (χ4n) is 6.04. The Labute approximate surface area is 240 Å². The van der Waals surface area contributed by atoms with Crippen molar-refractivity contribution in [2.45, 2.75) is 57.5 Å². The van der Waals surface area contributed by atoms with Gasteiger partial charge in [-0.25, -0.2) is 0 Å². The molecule has 0 bridgehead atoms. The molecule has 1 fully saturated rings. The van der Waals surface area contributed by atoms with Gasteiger partial charge in [0, 0.05) is 80.1 Å². The second-order valence-electron chi connectivity index (χ2n) is 10.9. The molecule has 0 spiro atoms. The molecule has 2 aromatic heterocycles. The maximum atomic E-state index is 13.4. The molecular weight excluding hydrogens is 518 g/mol. The molecule has 9 heteroatoms. The number of carbonyl (C=O) groups excluding carboxylic acids is 2. The Balaban J connectivity index is 1.20. The first-order valence-electron chi connectivity index (χ1n) is 14.4. The highest BCUT2D eigenvalue weighted by molar-refractivity contribution is 6.02. The molecule has 41 heavy (non-hydrogen) atoms. The number of rotatable bonds is 11. The first kappa shape index (κ1) is 28.6. The van der Waals surface area contributed by atoms with Crippen LogP contribution in [0.3, 0.4) is 0 Å². The van der Waals surface area contributed by atoms with E-state index in [1.54, 1.807) is 7.11 Å². The van der Waals surface area contributed by atoms with E-state index in [0.29, 0.717) is 31.0 Å². The van der Waals surface area contributed by atoms with E-state index in [9.17, 15) is 9.59 Å². The third kappa shape index (κ3) is 6.69. The molecule has 1 saturated heterocycles. The normalized spacial score (nSPS) is 16.2. The van der Waals surface area contributed by atoms with Crippen molar-refractivity contribution < 1.29 is 18.8 Å². The number of anilines is 1. The Morgan fingerprint density at radius 3 is 2.73 bits per heavy atom. The van der Waals surface area contributed by atoms with Gasteiger partial charge in [-0.15, -0.1) is 0 Å². The number of carbonyl (C=O) groups is 2. The van der Waals surface area contributed by atoms with Crippen molar-refractivity contribution in [3.8, 4) is 0 Å². The number of nitrogens with one attached hydrogen (secondary N) is 1. The predicted molar refractivity (Wildman–Crippen MR) is 159 cm³/mol. The van der Waals surface area contributed by atoms with Gasteiger partial charge < -0.3 is 29.8 Å². The van der Waals surface area contributed by atoms with Crippen molar-refractivity contribution in [3.05, 3.63) is 83.4 Å². The van der Waals surface area contributed by atoms with Gasteiger partial charge in [0.25, 0.3) is 5.91 Å². The third-order valence-electron chi connectivity index (χ3n) is 7.97. The molecule has 2 amide bonds. The molecule has 1 aliphatic heterocycles. The van der Waals surface area contributed by atoms with Gasteiger partial charge >= 0.3 is 0 Å². The van der Waals surface area contributed by atoms with Crippen molar-refractivity contribution >= 4 is 28.4 Å². The van der Waals surface area contributed by atoms with Gasteiger partial charge in [-0.2, -0.15) is 0 Å². The van der Waals surface area contributed by atoms with Gasteiger partial charge in [0.1, 0.15) is 0 Å². The second kappa shape index (κ2) is 13.1. The maximum Gasteiger partial charge on any atom is 0.294 e. The van der Waals surface area contributed by atoms with Crippen LogP contribution in [0, 0.1) is 6.92 Å². The molecule has 1 aliphatic rings. The van der Waals surface area contributed by atoms with Crippen LogP contribution < -0.4 is 11.1 Å². The fraction of sp³-hybridized carbons (Fsp3) is 0.406. The van der Waals surface area contributed by atoms with E-state index in [0.717, 1.165) is 44.5 Å². The van der Waals surface area contributed by atoms with Crippen molar-refractivity contribution in [2.24, 2.45) is 5.73 Å². The van der Waals surface area contributed by atoms with E-state index in [2.05, 4.69) is 46.2 Å². The maximum absolute atomic E-state index is 13.4. The Morgan fingerprint density at radius 2 is 1.98 bits per heavy atom. The number of hydrogen-bond acceptors (Lipinski definition) is 6. The molecule has 2 aromatic carbocycles. The Bertz CT molecular complexity index is 1460. The molecule has 2 atom stereocenters. The Hall–Kier alpha value is -3.95. The van der Waals surface area contributed by atoms with Crippen molar-refractivity contribution in [1.82, 2.24) is 14.6 Å². The SMILES string of the molecule is COCCCn1c(C2CCCN(C(=O)CC(N)Cc3ccc(NC(=O)c4ccno4)cc3)C2)c(C)c2ccccc21. The number of fused-ring (bicyclic) bond motifs is 1. The van der Waals surface area contributed by atoms with Crippen LogP contribution in [0.4, 0.5) is 5.69 Å². The van der Waals surface area contributed by atoms with Crippen LogP contribution in [0.25, 0.3) is 10.9 Å². The molecule has 0 aliphatic carbocycles. The first-order chi connectivity index (χ1) is 19.9. The molecule has 9 nitrogen and oxygen atoms in total. The summed E-state index contributed by atoms with van der Waals surface area (Å²) < 4.78 is 12.7. The predicted octanol–water partition coefficient (Wildman–Crippen LogP) is 4.89. The number of amides is 2. The number of aromatic nitrogens is 2. The first-order valence-corrected chi connectivity index (χ1v) is 14.4. The molecule has 3 heterocycles. The van der Waals surface area contributed by atoms with Crippen LogP contribution in [0.15, 0.2) is 65.3 Å². The minimum Gasteiger partial charge on any atom is -0.385 e. The number of para-hydroxylation sites is 1. The molecule has 216 valence electrons. The van der Waals surface area contributed by atoms with Gasteiger partial charge in [0.2, 0.25) is 11.7 Å². The number of ether oxygens (including phenoxy) is 1. The van der Waals surface area contributed by atoms with Crippen molar-refractivity contribution in [3.63, 3.8) is 0 Å². The lowest BCUT2D eigenvalue weighted by Crippen LogP contribution is -2.42. The number of nitrogens with zero attached hydrogens (tertiary/aromatic N) is 3. The van der Waals surface area contributed by atoms with Crippen LogP contribution in [0.5, 0.6) is 0 Å². The average molecular weight is 558 g/mol. The third-order valence-corrected chi connectivity index (χ3v) is 7.97. The summed E-state index contributed by atoms with van der Waals surface area (Å²) in [6, 6.07) is 17.3. The molecular formula is C32H39N5O4. The Morgan fingerprint density at radius 1 is 1.17 bits per heavy atom. The Kier molecular flexibility index (Phi) is 9.16. The van der Waals surface area contributed by atoms with E-state index in [1.807, 2.05) is 29.2 Å². The number of likely N-dealkylation sites (tertiary alicyclic amines) is 1. The summed E-state index contributed by atoms with van der Waals surface area (Å²) in [6.07, 6.45) is 5.29. The number of aryl methyl sites for hydroxylation is 2. The standard InChI is InChI=1S/C32H39N5O4/c1-22-27-8-3-4-9-28(27)37(17-6-18-40-2)31(22)24-7-5-16-36(21-24)30(38)20-25(33)19-23-10-12-26(13-11-23)35-32(39)29-14-15-34-41-29/h3-4,8-15,24-25H,5-7,16-21,33H2,1-2H3,(H,35,39). The fourth-order valence-corrected chi connectivity index (χ4v) is 6.04. The molecule has 0 radical (unpaired) electrons. The largest absolute Gasteiger partial charge is 0.385 e. The monoisotopic (exact) mass is 557 g/mol. The van der Waals surface area contributed by atoms with Crippen LogP contribution >= 0.6 is 0 Å². The molecule has 4 aromatic rings. The number of piperidine rings is 1. The van der Waals surface area contributed by atoms with E-state index < -0.39 is 0 Å². The highest BCUT2D eigenvalue weighted by Gasteiger charge is 2.29. The average Bonchev–Trinajstić information content (AvgIpc) is 3.62. The summed E-state index contributed by atoms with van der Waals surface area (Å²) in [7, 11) is 1.74. The summed E-state index contributed by atoms with van der Waals surface area (Å²) in [5.41, 5.74) is 12.0. The van der Waals surface area contributed by atoms with Gasteiger partial charge in [-0.05, 0) is 61.9 Å². The highest BCUT2D eigenvalue weighted by Crippen LogP contribution is 2.36. The highest BCUT2D eigenvalue weighted by atomic mass is 16.5. The zero-order valence-corrected chi connectivity index (χ0v) is 23.8. The van der Waals surface area contributed by atoms with E-state index in [1.165, 1.54) is 34.4 Å². The number of methoxy groups -OCH3 is 1. The van der Waals surface area contributed by atoms with Crippen LogP contribution in [-0.4, -0.2) is 59.3 Å². The van der Waals surface area contributed by atoms with Gasteiger partial charge in [0.05, 0.1) is 6.20 Å². The smallest absolute Gasteiger partial charge is 0.294 e. The number of nitrogens with two attached hydrogens (primary N) is 1. The van der Waals surface area contributed by atoms with Crippen molar-refractivity contribution in [2.75, 3.05) is 32.1 Å². The van der Waals surface area contributed by atoms with Crippen LogP contribution in [0.1, 0.15) is 59.0 Å². The van der Waals surface area contributed by atoms with Gasteiger partial charge in [0.15, 0.2) is 0 Å². The molecule has 0 saturated carbocycles. The zero-order valence-electron chi connectivity index (χ0n) is 23.8. The van der Waals surface area contributed by atoms with E-state index >= 15 is 0 Å². The summed E-state index contributed by atoms with van der Waals surface area (Å²) in [6.45, 7) is 5.32. The minimum atomic E-state index is -0.358. The quantitative estimate of drug-likeness (QED) is 0.254. The van der Waals surface area contributed by atoms with E-state index in [4.69, 9.17) is 15.0 Å². The number of benzene rings is 2. The summed E-state index contributed by atoms with van der Waals surface area (Å²) in [5.74, 6) is 0.191. The van der Waals surface area contributed by atoms with Gasteiger partial charge in [-0.3, -0.25) is 9.59 Å². The summed E-state index contributed by atoms with van der Waals surface area (Å²) in [5, 5.41) is 7.61. The summed E-state index contributed by atoms with van der Waals surface area (Å²) in [4.78, 5) is 27.5. The second-order valence-corrected chi connectivity index (χ2v) is 10.9. The van der Waals surface area contributed by atoms with Crippen LogP contribution in [0.2, 0.25) is 0 Å². The topological polar surface area (TPSA) is 116 Å². The molecule has 5 rings (SSSR count). The van der Waals surface area contributed by atoms with Gasteiger partial charge in [-0.1, -0.05) is 35.5 Å². The van der Waals surface area contributed by atoms with Crippen molar-refractivity contribution in [1.29, 1.82) is 0 Å². The molecule has 2 unspecified atom stereocenters. The lowest BCUT2D eigenvalue weighted by Gasteiger charge is -2.34. The minimum absolute atomic E-state index is 0.109. The number of hydrogen-bond donors (Lipinski definition) is 2. The lowest BCUT2D eigenvalue weighted by atomic mass is 9.91. The van der Waals surface area contributed by atoms with Crippen LogP contribution in [-0.2, 0) is 22.5 Å². The zero-order chi connectivity index (χ0) is 28.8. The van der Waals surface area contributed by atoms with E-state index in [-0.39, 0.29) is 23.6 Å². The lowest BCUT2D eigenvalue weighted by molar-refractivity contribution is -0.132. The molecule has 3 N–H and O–H groups in total.